The summed E-state index contributed by atoms with van der Waals surface area (Å²) in [5.74, 6) is -1.51. The van der Waals surface area contributed by atoms with E-state index < -0.39 is 40.0 Å². The summed E-state index contributed by atoms with van der Waals surface area (Å²) in [6, 6.07) is 12.1. The molecule has 204 valence electrons. The number of amides is 2. The molecule has 2 unspecified atom stereocenters. The molecule has 4 rings (SSSR count). The zero-order chi connectivity index (χ0) is 27.4. The molecule has 11 heteroatoms. The number of β-amino-alcohol motifs (C(OH)–C–C–N with tert-alkyl or cyclic N) is 1. The first kappa shape index (κ1) is 28.1. The summed E-state index contributed by atoms with van der Waals surface area (Å²) < 4.78 is 34.3. The lowest BCUT2D eigenvalue weighted by molar-refractivity contribution is -0.132. The van der Waals surface area contributed by atoms with Crippen LogP contribution >= 0.6 is 11.6 Å². The Bertz CT molecular complexity index is 1370. The van der Waals surface area contributed by atoms with Crippen molar-refractivity contribution < 1.29 is 27.5 Å². The molecule has 1 aromatic heterocycles. The Morgan fingerprint density at radius 2 is 1.95 bits per heavy atom. The average molecular weight is 562 g/mol. The van der Waals surface area contributed by atoms with Gasteiger partial charge in [-0.1, -0.05) is 49.7 Å². The van der Waals surface area contributed by atoms with Crippen molar-refractivity contribution in [2.75, 3.05) is 13.1 Å². The Hall–Kier alpha value is -2.92. The van der Waals surface area contributed by atoms with Gasteiger partial charge < -0.3 is 20.2 Å². The van der Waals surface area contributed by atoms with Crippen LogP contribution in [0.4, 0.5) is 0 Å². The second-order valence-corrected chi connectivity index (χ2v) is 12.1. The zero-order valence-electron chi connectivity index (χ0n) is 21.3. The zero-order valence-corrected chi connectivity index (χ0v) is 22.8. The van der Waals surface area contributed by atoms with Crippen molar-refractivity contribution >= 4 is 44.4 Å². The van der Waals surface area contributed by atoms with Crippen LogP contribution in [-0.2, 0) is 14.8 Å². The van der Waals surface area contributed by atoms with Gasteiger partial charge in [-0.05, 0) is 62.1 Å². The van der Waals surface area contributed by atoms with Crippen molar-refractivity contribution in [3.05, 3.63) is 65.4 Å². The third-order valence-electron chi connectivity index (χ3n) is 6.48. The van der Waals surface area contributed by atoms with Crippen molar-refractivity contribution in [3.63, 3.8) is 0 Å². The van der Waals surface area contributed by atoms with Crippen LogP contribution in [0.25, 0.3) is 11.0 Å². The highest BCUT2D eigenvalue weighted by atomic mass is 35.5. The maximum atomic E-state index is 14.1. The molecule has 1 saturated heterocycles. The molecule has 2 aromatic carbocycles. The Morgan fingerprint density at radius 1 is 1.18 bits per heavy atom. The van der Waals surface area contributed by atoms with Gasteiger partial charge in [-0.2, -0.15) is 0 Å². The minimum atomic E-state index is -4.44. The monoisotopic (exact) mass is 561 g/mol. The summed E-state index contributed by atoms with van der Waals surface area (Å²) in [5.41, 5.74) is 0.517. The van der Waals surface area contributed by atoms with E-state index in [-0.39, 0.29) is 41.0 Å². The highest BCUT2D eigenvalue weighted by Gasteiger charge is 2.43. The number of hydrogen-bond donors (Lipinski definition) is 3. The van der Waals surface area contributed by atoms with Gasteiger partial charge in [-0.25, -0.2) is 12.7 Å². The van der Waals surface area contributed by atoms with Crippen LogP contribution in [0, 0.1) is 5.92 Å². The van der Waals surface area contributed by atoms with Crippen molar-refractivity contribution in [2.45, 2.75) is 56.2 Å². The van der Waals surface area contributed by atoms with Gasteiger partial charge in [-0.15, -0.1) is 0 Å². The summed E-state index contributed by atoms with van der Waals surface area (Å²) in [6.45, 7) is 4.44. The molecular weight excluding hydrogens is 530 g/mol. The first-order chi connectivity index (χ1) is 18.1. The molecule has 1 aliphatic heterocycles. The SMILES string of the molecule is CC(C)CC(NC(=O)c1cc2ccccc2o1)C(=O)N(C1CCCNC[C@@H]1O)S(=O)(=O)c1cccc(Cl)c1. The number of rotatable bonds is 8. The van der Waals surface area contributed by atoms with Crippen LogP contribution in [0.2, 0.25) is 5.02 Å². The normalized spacial score (nSPS) is 19.2. The molecule has 0 aliphatic carbocycles. The third kappa shape index (κ3) is 6.20. The number of carbonyl (C=O) groups excluding carboxylic acids is 2. The smallest absolute Gasteiger partial charge is 0.287 e. The standard InChI is InChI=1S/C27H32ClN3O6S/c1-17(2)13-21(30-26(33)25-14-18-7-3-4-11-24(18)37-25)27(34)31(22-10-6-12-29-16-23(22)32)38(35,36)20-9-5-8-19(28)15-20/h3-5,7-9,11,14-15,17,21-23,29,32H,6,10,12-13,16H2,1-2H3,(H,30,33)/t21?,22?,23-/m0/s1. The molecule has 3 aromatic rings. The number of hydrogen-bond acceptors (Lipinski definition) is 7. The van der Waals surface area contributed by atoms with Gasteiger partial charge in [0, 0.05) is 17.0 Å². The molecule has 38 heavy (non-hydrogen) atoms. The quantitative estimate of drug-likeness (QED) is 0.383. The Kier molecular flexibility index (Phi) is 8.77. The van der Waals surface area contributed by atoms with E-state index in [1.165, 1.54) is 24.3 Å². The number of sulfonamides is 1. The van der Waals surface area contributed by atoms with E-state index >= 15 is 0 Å². The van der Waals surface area contributed by atoms with Gasteiger partial charge >= 0.3 is 0 Å². The van der Waals surface area contributed by atoms with Crippen LogP contribution in [0.15, 0.2) is 63.9 Å². The molecule has 1 fully saturated rings. The lowest BCUT2D eigenvalue weighted by Gasteiger charge is -2.35. The van der Waals surface area contributed by atoms with Gasteiger partial charge in [0.25, 0.3) is 21.8 Å². The van der Waals surface area contributed by atoms with Crippen LogP contribution in [0.5, 0.6) is 0 Å². The van der Waals surface area contributed by atoms with E-state index in [1.807, 2.05) is 19.9 Å². The fourth-order valence-electron chi connectivity index (χ4n) is 4.66. The van der Waals surface area contributed by atoms with Crippen LogP contribution < -0.4 is 10.6 Å². The number of carbonyl (C=O) groups is 2. The largest absolute Gasteiger partial charge is 0.451 e. The fraction of sp³-hybridized carbons (Fsp3) is 0.407. The Morgan fingerprint density at radius 3 is 2.66 bits per heavy atom. The van der Waals surface area contributed by atoms with E-state index in [4.69, 9.17) is 16.0 Å². The van der Waals surface area contributed by atoms with Gasteiger partial charge in [-0.3, -0.25) is 9.59 Å². The minimum Gasteiger partial charge on any atom is -0.451 e. The third-order valence-corrected chi connectivity index (χ3v) is 8.54. The number of halogens is 1. The molecule has 1 aliphatic rings. The number of aliphatic hydroxyl groups is 1. The van der Waals surface area contributed by atoms with Crippen molar-refractivity contribution in [1.82, 2.24) is 14.9 Å². The number of aliphatic hydroxyl groups excluding tert-OH is 1. The van der Waals surface area contributed by atoms with Crippen LogP contribution in [0.1, 0.15) is 43.7 Å². The van der Waals surface area contributed by atoms with E-state index in [9.17, 15) is 23.1 Å². The van der Waals surface area contributed by atoms with Gasteiger partial charge in [0.05, 0.1) is 17.0 Å². The molecule has 0 saturated carbocycles. The summed E-state index contributed by atoms with van der Waals surface area (Å²) in [7, 11) is -4.44. The highest BCUT2D eigenvalue weighted by Crippen LogP contribution is 2.28. The average Bonchev–Trinajstić information content (AvgIpc) is 3.20. The van der Waals surface area contributed by atoms with E-state index in [0.717, 1.165) is 9.69 Å². The second-order valence-electron chi connectivity index (χ2n) is 9.88. The lowest BCUT2D eigenvalue weighted by atomic mass is 10.0. The van der Waals surface area contributed by atoms with Gasteiger partial charge in [0.2, 0.25) is 0 Å². The van der Waals surface area contributed by atoms with Gasteiger partial charge in [0.15, 0.2) is 5.76 Å². The number of nitrogens with zero attached hydrogens (tertiary/aromatic N) is 1. The van der Waals surface area contributed by atoms with E-state index in [2.05, 4.69) is 10.6 Å². The summed E-state index contributed by atoms with van der Waals surface area (Å²) in [5, 5.41) is 17.6. The number of furan rings is 1. The van der Waals surface area contributed by atoms with Crippen molar-refractivity contribution in [1.29, 1.82) is 0 Å². The number of fused-ring (bicyclic) bond motifs is 1. The first-order valence-corrected chi connectivity index (χ1v) is 14.4. The number of para-hydroxylation sites is 1. The fourth-order valence-corrected chi connectivity index (χ4v) is 6.63. The first-order valence-electron chi connectivity index (χ1n) is 12.6. The molecular formula is C27H32ClN3O6S. The highest BCUT2D eigenvalue weighted by molar-refractivity contribution is 7.89. The van der Waals surface area contributed by atoms with Crippen LogP contribution in [-0.4, -0.2) is 60.9 Å². The summed E-state index contributed by atoms with van der Waals surface area (Å²) in [4.78, 5) is 27.1. The minimum absolute atomic E-state index is 0.00991. The maximum absolute atomic E-state index is 14.1. The predicted molar refractivity (Wildman–Crippen MR) is 144 cm³/mol. The van der Waals surface area contributed by atoms with E-state index in [0.29, 0.717) is 18.5 Å². The van der Waals surface area contributed by atoms with Crippen molar-refractivity contribution in [2.24, 2.45) is 5.92 Å². The second kappa shape index (κ2) is 11.9. The topological polar surface area (TPSA) is 129 Å². The Balaban J connectivity index is 1.73. The molecule has 2 heterocycles. The molecule has 0 bridgehead atoms. The van der Waals surface area contributed by atoms with Crippen molar-refractivity contribution in [3.8, 4) is 0 Å². The number of benzene rings is 2. The molecule has 0 radical (unpaired) electrons. The maximum Gasteiger partial charge on any atom is 0.287 e. The lowest BCUT2D eigenvalue weighted by Crippen LogP contribution is -2.57. The Labute approximate surface area is 227 Å². The molecule has 3 atom stereocenters. The molecule has 0 spiro atoms. The number of nitrogens with one attached hydrogen (secondary N) is 2. The molecule has 9 nitrogen and oxygen atoms in total. The molecule has 3 N–H and O–H groups in total. The van der Waals surface area contributed by atoms with Gasteiger partial charge in [0.1, 0.15) is 11.6 Å². The van der Waals surface area contributed by atoms with E-state index in [1.54, 1.807) is 24.3 Å². The molecule has 2 amide bonds. The predicted octanol–water partition coefficient (Wildman–Crippen LogP) is 3.56. The van der Waals surface area contributed by atoms with Crippen LogP contribution in [0.3, 0.4) is 0 Å². The summed E-state index contributed by atoms with van der Waals surface area (Å²) in [6.07, 6.45) is -0.156. The summed E-state index contributed by atoms with van der Waals surface area (Å²) >= 11 is 6.08.